The van der Waals surface area contributed by atoms with E-state index in [1.165, 1.54) is 0 Å². The Morgan fingerprint density at radius 2 is 2.44 bits per heavy atom. The smallest absolute Gasteiger partial charge is 0.225 e. The second-order valence-electron chi connectivity index (χ2n) is 2.65. The van der Waals surface area contributed by atoms with E-state index in [0.717, 1.165) is 13.2 Å². The normalized spacial score (nSPS) is 40.7. The molecule has 2 fully saturated rings. The van der Waals surface area contributed by atoms with E-state index < -0.39 is 0 Å². The molecule has 2 heterocycles. The van der Waals surface area contributed by atoms with E-state index in [1.54, 1.807) is 0 Å². The number of amides is 1. The van der Waals surface area contributed by atoms with Crippen molar-refractivity contribution in [1.29, 1.82) is 0 Å². The van der Waals surface area contributed by atoms with Crippen LogP contribution < -0.4 is 5.32 Å². The van der Waals surface area contributed by atoms with E-state index >= 15 is 0 Å². The number of rotatable bonds is 0. The van der Waals surface area contributed by atoms with E-state index in [-0.39, 0.29) is 11.8 Å². The zero-order valence-corrected chi connectivity index (χ0v) is 5.09. The summed E-state index contributed by atoms with van der Waals surface area (Å²) in [5.41, 5.74) is 0. The molecule has 1 amide bonds. The Morgan fingerprint density at radius 1 is 1.56 bits per heavy atom. The van der Waals surface area contributed by atoms with E-state index in [0.29, 0.717) is 12.5 Å². The van der Waals surface area contributed by atoms with Crippen molar-refractivity contribution in [2.24, 2.45) is 11.8 Å². The predicted molar refractivity (Wildman–Crippen MR) is 30.8 cm³/mol. The van der Waals surface area contributed by atoms with Crippen LogP contribution in [0.2, 0.25) is 0 Å². The number of ether oxygens (including phenoxy) is 1. The number of carbonyl (C=O) groups is 1. The van der Waals surface area contributed by atoms with Crippen molar-refractivity contribution in [3.05, 3.63) is 0 Å². The molecular formula is C6H9NO2. The van der Waals surface area contributed by atoms with Gasteiger partial charge in [0.2, 0.25) is 5.91 Å². The van der Waals surface area contributed by atoms with Crippen LogP contribution >= 0.6 is 0 Å². The van der Waals surface area contributed by atoms with Crippen molar-refractivity contribution in [2.75, 3.05) is 19.8 Å². The highest BCUT2D eigenvalue weighted by molar-refractivity contribution is 5.81. The van der Waals surface area contributed by atoms with Crippen LogP contribution in [0.15, 0.2) is 0 Å². The summed E-state index contributed by atoms with van der Waals surface area (Å²) in [4.78, 5) is 10.9. The first-order valence-corrected chi connectivity index (χ1v) is 3.23. The minimum absolute atomic E-state index is 0.171. The van der Waals surface area contributed by atoms with Crippen LogP contribution in [0.3, 0.4) is 0 Å². The van der Waals surface area contributed by atoms with Crippen molar-refractivity contribution in [3.63, 3.8) is 0 Å². The molecule has 1 N–H and O–H groups in total. The van der Waals surface area contributed by atoms with Gasteiger partial charge in [-0.1, -0.05) is 0 Å². The van der Waals surface area contributed by atoms with Gasteiger partial charge in [0.15, 0.2) is 0 Å². The second-order valence-corrected chi connectivity index (χ2v) is 2.65. The summed E-state index contributed by atoms with van der Waals surface area (Å²) in [5.74, 6) is 0.819. The lowest BCUT2D eigenvalue weighted by Gasteiger charge is -1.97. The largest absolute Gasteiger partial charge is 0.380 e. The Labute approximate surface area is 53.4 Å². The third-order valence-corrected chi connectivity index (χ3v) is 2.07. The van der Waals surface area contributed by atoms with Gasteiger partial charge in [0, 0.05) is 12.5 Å². The Bertz CT molecular complexity index is 146. The third-order valence-electron chi connectivity index (χ3n) is 2.07. The maximum Gasteiger partial charge on any atom is 0.225 e. The number of hydrogen-bond acceptors (Lipinski definition) is 2. The van der Waals surface area contributed by atoms with E-state index in [9.17, 15) is 4.79 Å². The maximum absolute atomic E-state index is 10.9. The van der Waals surface area contributed by atoms with Crippen molar-refractivity contribution in [1.82, 2.24) is 5.32 Å². The molecule has 0 aromatic heterocycles. The lowest BCUT2D eigenvalue weighted by atomic mass is 10.0. The van der Waals surface area contributed by atoms with Gasteiger partial charge >= 0.3 is 0 Å². The fourth-order valence-corrected chi connectivity index (χ4v) is 1.45. The molecule has 0 unspecified atom stereocenters. The second kappa shape index (κ2) is 1.70. The average Bonchev–Trinajstić information content (AvgIpc) is 2.35. The van der Waals surface area contributed by atoms with Crippen LogP contribution in [-0.2, 0) is 9.53 Å². The average molecular weight is 127 g/mol. The van der Waals surface area contributed by atoms with Gasteiger partial charge in [-0.25, -0.2) is 0 Å². The van der Waals surface area contributed by atoms with Gasteiger partial charge in [-0.3, -0.25) is 4.79 Å². The number of nitrogens with one attached hydrogen (secondary N) is 1. The summed E-state index contributed by atoms with van der Waals surface area (Å²) < 4.78 is 5.12. The van der Waals surface area contributed by atoms with Crippen molar-refractivity contribution < 1.29 is 9.53 Å². The Balaban J connectivity index is 2.15. The summed E-state index contributed by atoms with van der Waals surface area (Å²) in [5, 5.41) is 2.80. The van der Waals surface area contributed by atoms with Crippen LogP contribution in [0, 0.1) is 11.8 Å². The van der Waals surface area contributed by atoms with Crippen LogP contribution in [-0.4, -0.2) is 25.7 Å². The molecule has 3 heteroatoms. The highest BCUT2D eigenvalue weighted by Gasteiger charge is 2.38. The standard InChI is InChI=1S/C6H9NO2/c8-6-5-3-9-2-4(5)1-7-6/h4-5H,1-3H2,(H,7,8)/t4-,5-/m0/s1. The minimum Gasteiger partial charge on any atom is -0.380 e. The van der Waals surface area contributed by atoms with Crippen LogP contribution in [0.25, 0.3) is 0 Å². The monoisotopic (exact) mass is 127 g/mol. The van der Waals surface area contributed by atoms with Gasteiger partial charge in [0.1, 0.15) is 0 Å². The zero-order chi connectivity index (χ0) is 6.27. The fourth-order valence-electron chi connectivity index (χ4n) is 1.45. The van der Waals surface area contributed by atoms with E-state index in [1.807, 2.05) is 0 Å². The van der Waals surface area contributed by atoms with Crippen molar-refractivity contribution in [3.8, 4) is 0 Å². The van der Waals surface area contributed by atoms with E-state index in [4.69, 9.17) is 4.74 Å². The molecule has 0 saturated carbocycles. The molecule has 2 rings (SSSR count). The van der Waals surface area contributed by atoms with Gasteiger partial charge in [0.05, 0.1) is 19.1 Å². The molecule has 2 atom stereocenters. The van der Waals surface area contributed by atoms with Crippen LogP contribution in [0.5, 0.6) is 0 Å². The lowest BCUT2D eigenvalue weighted by molar-refractivity contribution is -0.122. The van der Waals surface area contributed by atoms with Gasteiger partial charge in [-0.05, 0) is 0 Å². The summed E-state index contributed by atoms with van der Waals surface area (Å²) in [6, 6.07) is 0. The molecule has 0 bridgehead atoms. The molecule has 9 heavy (non-hydrogen) atoms. The minimum atomic E-state index is 0.171. The quantitative estimate of drug-likeness (QED) is 0.471. The first-order valence-electron chi connectivity index (χ1n) is 3.23. The molecule has 0 aromatic rings. The highest BCUT2D eigenvalue weighted by Crippen LogP contribution is 2.24. The molecule has 0 aliphatic carbocycles. The zero-order valence-electron chi connectivity index (χ0n) is 5.09. The summed E-state index contributed by atoms with van der Waals surface area (Å²) in [6.07, 6.45) is 0. The third kappa shape index (κ3) is 0.645. The van der Waals surface area contributed by atoms with Gasteiger partial charge in [-0.15, -0.1) is 0 Å². The van der Waals surface area contributed by atoms with Gasteiger partial charge in [-0.2, -0.15) is 0 Å². The van der Waals surface area contributed by atoms with Crippen LogP contribution in [0.1, 0.15) is 0 Å². The summed E-state index contributed by atoms with van der Waals surface area (Å²) in [6.45, 7) is 2.23. The Kier molecular flexibility index (Phi) is 0.990. The molecule has 0 aromatic carbocycles. The number of fused-ring (bicyclic) bond motifs is 1. The Morgan fingerprint density at radius 3 is 3.22 bits per heavy atom. The van der Waals surface area contributed by atoms with E-state index in [2.05, 4.69) is 5.32 Å². The lowest BCUT2D eigenvalue weighted by Crippen LogP contribution is -2.20. The van der Waals surface area contributed by atoms with Crippen molar-refractivity contribution >= 4 is 5.91 Å². The molecule has 0 radical (unpaired) electrons. The fraction of sp³-hybridized carbons (Fsp3) is 0.833. The molecule has 2 aliphatic rings. The van der Waals surface area contributed by atoms with Crippen LogP contribution in [0.4, 0.5) is 0 Å². The molecule has 2 aliphatic heterocycles. The molecule has 3 nitrogen and oxygen atoms in total. The number of carbonyl (C=O) groups excluding carboxylic acids is 1. The van der Waals surface area contributed by atoms with Gasteiger partial charge in [0.25, 0.3) is 0 Å². The highest BCUT2D eigenvalue weighted by atomic mass is 16.5. The molecule has 0 spiro atoms. The first-order chi connectivity index (χ1) is 4.38. The SMILES string of the molecule is O=C1NC[C@H]2COC[C@H]12. The molecule has 50 valence electrons. The Hall–Kier alpha value is -0.570. The van der Waals surface area contributed by atoms with Crippen molar-refractivity contribution in [2.45, 2.75) is 0 Å². The summed E-state index contributed by atoms with van der Waals surface area (Å²) >= 11 is 0. The summed E-state index contributed by atoms with van der Waals surface area (Å²) in [7, 11) is 0. The topological polar surface area (TPSA) is 38.3 Å². The predicted octanol–water partition coefficient (Wildman–Crippen LogP) is -0.621. The van der Waals surface area contributed by atoms with Gasteiger partial charge < -0.3 is 10.1 Å². The first kappa shape index (κ1) is 5.23. The maximum atomic E-state index is 10.9. The molecule has 2 saturated heterocycles. The molecular weight excluding hydrogens is 118 g/mol. The number of hydrogen-bond donors (Lipinski definition) is 1.